The Labute approximate surface area is 123 Å². The number of anilines is 1. The van der Waals surface area contributed by atoms with Gasteiger partial charge in [-0.2, -0.15) is 0 Å². The van der Waals surface area contributed by atoms with E-state index in [4.69, 9.17) is 9.84 Å². The third-order valence-electron chi connectivity index (χ3n) is 3.37. The first-order chi connectivity index (χ1) is 10.2. The summed E-state index contributed by atoms with van der Waals surface area (Å²) in [6.45, 7) is 3.19. The van der Waals surface area contributed by atoms with Crippen molar-refractivity contribution in [2.24, 2.45) is 0 Å². The molecule has 1 heterocycles. The molecule has 1 aliphatic heterocycles. The predicted octanol–water partition coefficient (Wildman–Crippen LogP) is 1.37. The van der Waals surface area contributed by atoms with Crippen molar-refractivity contribution < 1.29 is 19.4 Å². The van der Waals surface area contributed by atoms with E-state index >= 15 is 0 Å². The van der Waals surface area contributed by atoms with Gasteiger partial charge in [0.1, 0.15) is 6.54 Å². The third kappa shape index (κ3) is 3.72. The van der Waals surface area contributed by atoms with Crippen LogP contribution in [0.4, 0.5) is 10.5 Å². The van der Waals surface area contributed by atoms with Gasteiger partial charge in [-0.3, -0.25) is 9.69 Å². The first kappa shape index (κ1) is 15.3. The van der Waals surface area contributed by atoms with Crippen LogP contribution in [-0.2, 0) is 16.1 Å². The molecule has 0 bridgehead atoms. The van der Waals surface area contributed by atoms with Crippen LogP contribution in [0.25, 0.3) is 0 Å². The lowest BCUT2D eigenvalue weighted by Gasteiger charge is -2.35. The van der Waals surface area contributed by atoms with Crippen LogP contribution in [0.2, 0.25) is 0 Å². The van der Waals surface area contributed by atoms with Gasteiger partial charge in [-0.25, -0.2) is 4.79 Å². The quantitative estimate of drug-likeness (QED) is 0.832. The Morgan fingerprint density at radius 2 is 2.00 bits per heavy atom. The Kier molecular flexibility index (Phi) is 5.16. The van der Waals surface area contributed by atoms with Crippen LogP contribution in [0.1, 0.15) is 18.9 Å². The topological polar surface area (TPSA) is 70.1 Å². The van der Waals surface area contributed by atoms with Crippen LogP contribution in [0.15, 0.2) is 24.3 Å². The maximum Gasteiger partial charge on any atom is 0.325 e. The Hall–Kier alpha value is -2.08. The van der Waals surface area contributed by atoms with E-state index in [-0.39, 0.29) is 25.2 Å². The van der Waals surface area contributed by atoms with Gasteiger partial charge in [0.2, 0.25) is 0 Å². The van der Waals surface area contributed by atoms with E-state index in [1.165, 1.54) is 4.90 Å². The summed E-state index contributed by atoms with van der Waals surface area (Å²) in [5, 5.41) is 9.04. The average Bonchev–Trinajstić information content (AvgIpc) is 2.50. The predicted molar refractivity (Wildman–Crippen MR) is 77.9 cm³/mol. The molecule has 6 nitrogen and oxygen atoms in total. The summed E-state index contributed by atoms with van der Waals surface area (Å²) in [6.07, 6.45) is 0.799. The number of amides is 2. The minimum Gasteiger partial charge on any atom is -0.465 e. The molecule has 114 valence electrons. The molecule has 1 N–H and O–H groups in total. The normalized spacial score (nSPS) is 15.2. The van der Waals surface area contributed by atoms with Crippen LogP contribution < -0.4 is 4.90 Å². The molecular formula is C15H20N2O4. The van der Waals surface area contributed by atoms with Gasteiger partial charge in [-0.1, -0.05) is 12.1 Å². The molecule has 21 heavy (non-hydrogen) atoms. The van der Waals surface area contributed by atoms with E-state index < -0.39 is 0 Å². The van der Waals surface area contributed by atoms with E-state index in [9.17, 15) is 9.59 Å². The molecule has 0 aliphatic carbocycles. The molecule has 2 amide bonds. The van der Waals surface area contributed by atoms with Gasteiger partial charge < -0.3 is 14.7 Å². The van der Waals surface area contributed by atoms with E-state index in [0.29, 0.717) is 19.7 Å². The molecule has 1 fully saturated rings. The number of aliphatic hydroxyl groups excluding tert-OH is 1. The number of urea groups is 1. The Balaban J connectivity index is 2.06. The first-order valence-electron chi connectivity index (χ1n) is 7.07. The van der Waals surface area contributed by atoms with Crippen LogP contribution in [0.3, 0.4) is 0 Å². The summed E-state index contributed by atoms with van der Waals surface area (Å²) in [5.74, 6) is -0.386. The third-order valence-corrected chi connectivity index (χ3v) is 3.37. The van der Waals surface area contributed by atoms with E-state index in [0.717, 1.165) is 17.7 Å². The number of aliphatic hydroxyl groups is 1. The Bertz CT molecular complexity index is 501. The number of carbonyl (C=O) groups excluding carboxylic acids is 2. The van der Waals surface area contributed by atoms with Gasteiger partial charge >= 0.3 is 12.0 Å². The number of esters is 1. The lowest BCUT2D eigenvalue weighted by Crippen LogP contribution is -2.51. The molecule has 6 heteroatoms. The second-order valence-corrected chi connectivity index (χ2v) is 4.84. The standard InChI is InChI=1S/C15H20N2O4/c1-2-21-14(19)10-16-8-3-9-17(15(16)20)13-6-4-12(11-18)5-7-13/h4-7,18H,2-3,8-11H2,1H3. The van der Waals surface area contributed by atoms with Gasteiger partial charge in [-0.15, -0.1) is 0 Å². The molecule has 0 atom stereocenters. The maximum atomic E-state index is 12.4. The van der Waals surface area contributed by atoms with Crippen LogP contribution in [0.5, 0.6) is 0 Å². The van der Waals surface area contributed by atoms with Crippen molar-refractivity contribution in [3.05, 3.63) is 29.8 Å². The Morgan fingerprint density at radius 3 is 2.62 bits per heavy atom. The summed E-state index contributed by atoms with van der Waals surface area (Å²) in [7, 11) is 0. The molecule has 1 aromatic rings. The van der Waals surface area contributed by atoms with Crippen LogP contribution >= 0.6 is 0 Å². The molecule has 0 unspecified atom stereocenters. The molecular weight excluding hydrogens is 272 g/mol. The highest BCUT2D eigenvalue weighted by atomic mass is 16.5. The lowest BCUT2D eigenvalue weighted by atomic mass is 10.2. The highest BCUT2D eigenvalue weighted by molar-refractivity contribution is 5.94. The van der Waals surface area contributed by atoms with Gasteiger partial charge in [0.05, 0.1) is 13.2 Å². The SMILES string of the molecule is CCOC(=O)CN1CCCN(c2ccc(CO)cc2)C1=O. The van der Waals surface area contributed by atoms with Crippen LogP contribution in [0, 0.1) is 0 Å². The smallest absolute Gasteiger partial charge is 0.325 e. The lowest BCUT2D eigenvalue weighted by molar-refractivity contribution is -0.143. The van der Waals surface area contributed by atoms with E-state index in [2.05, 4.69) is 0 Å². The maximum absolute atomic E-state index is 12.4. The molecule has 1 saturated heterocycles. The molecule has 0 radical (unpaired) electrons. The largest absolute Gasteiger partial charge is 0.465 e. The van der Waals surface area contributed by atoms with Crippen molar-refractivity contribution in [2.45, 2.75) is 20.0 Å². The number of hydrogen-bond donors (Lipinski definition) is 1. The Morgan fingerprint density at radius 1 is 1.29 bits per heavy atom. The second-order valence-electron chi connectivity index (χ2n) is 4.84. The average molecular weight is 292 g/mol. The summed E-state index contributed by atoms with van der Waals surface area (Å²) < 4.78 is 4.89. The van der Waals surface area contributed by atoms with Crippen molar-refractivity contribution in [3.63, 3.8) is 0 Å². The number of benzene rings is 1. The summed E-state index contributed by atoms with van der Waals surface area (Å²) in [4.78, 5) is 27.1. The second kappa shape index (κ2) is 7.08. The zero-order valence-corrected chi connectivity index (χ0v) is 12.1. The highest BCUT2D eigenvalue weighted by Gasteiger charge is 2.28. The minimum absolute atomic E-state index is 0.0160. The number of carbonyl (C=O) groups is 2. The fraction of sp³-hybridized carbons (Fsp3) is 0.467. The summed E-state index contributed by atoms with van der Waals surface area (Å²) >= 11 is 0. The zero-order valence-electron chi connectivity index (χ0n) is 12.1. The van der Waals surface area contributed by atoms with E-state index in [1.807, 2.05) is 0 Å². The van der Waals surface area contributed by atoms with Crippen molar-refractivity contribution in [2.75, 3.05) is 31.1 Å². The van der Waals surface area contributed by atoms with Gasteiger partial charge in [0.15, 0.2) is 0 Å². The fourth-order valence-electron chi connectivity index (χ4n) is 2.31. The number of hydrogen-bond acceptors (Lipinski definition) is 4. The van der Waals surface area contributed by atoms with Gasteiger partial charge in [-0.05, 0) is 31.0 Å². The van der Waals surface area contributed by atoms with Crippen LogP contribution in [-0.4, -0.2) is 48.2 Å². The molecule has 2 rings (SSSR count). The highest BCUT2D eigenvalue weighted by Crippen LogP contribution is 2.20. The minimum atomic E-state index is -0.386. The fourth-order valence-corrected chi connectivity index (χ4v) is 2.31. The van der Waals surface area contributed by atoms with Gasteiger partial charge in [0.25, 0.3) is 0 Å². The summed E-state index contributed by atoms with van der Waals surface area (Å²) in [6, 6.07) is 6.99. The van der Waals surface area contributed by atoms with Crippen molar-refractivity contribution in [1.29, 1.82) is 0 Å². The number of ether oxygens (including phenoxy) is 1. The van der Waals surface area contributed by atoms with E-state index in [1.54, 1.807) is 36.1 Å². The first-order valence-corrected chi connectivity index (χ1v) is 7.07. The van der Waals surface area contributed by atoms with Gasteiger partial charge in [0, 0.05) is 18.8 Å². The molecule has 0 saturated carbocycles. The monoisotopic (exact) mass is 292 g/mol. The molecule has 1 aromatic carbocycles. The number of rotatable bonds is 5. The number of nitrogens with zero attached hydrogens (tertiary/aromatic N) is 2. The molecule has 0 spiro atoms. The molecule has 0 aromatic heterocycles. The zero-order chi connectivity index (χ0) is 15.2. The van der Waals surface area contributed by atoms with Crippen molar-refractivity contribution >= 4 is 17.7 Å². The van der Waals surface area contributed by atoms with Crippen molar-refractivity contribution in [1.82, 2.24) is 4.90 Å². The molecule has 1 aliphatic rings. The van der Waals surface area contributed by atoms with Crippen molar-refractivity contribution in [3.8, 4) is 0 Å². The summed E-state index contributed by atoms with van der Waals surface area (Å²) in [5.41, 5.74) is 1.57.